The number of nitrogens with zero attached hydrogens (tertiary/aromatic N) is 4. The lowest BCUT2D eigenvalue weighted by atomic mass is 10.1. The number of hydrogen-bond acceptors (Lipinski definition) is 6. The number of amides is 1. The molecule has 2 heterocycles. The fraction of sp³-hybridized carbons (Fsp3) is 0.250. The van der Waals surface area contributed by atoms with Crippen LogP contribution in [-0.2, 0) is 11.3 Å². The molecule has 1 aromatic carbocycles. The molecule has 8 heteroatoms. The van der Waals surface area contributed by atoms with Crippen LogP contribution >= 0.6 is 11.8 Å². The molecule has 2 aromatic heterocycles. The van der Waals surface area contributed by atoms with Crippen molar-refractivity contribution in [2.24, 2.45) is 0 Å². The number of carbonyl (C=O) groups excluding carboxylic acids is 1. The van der Waals surface area contributed by atoms with Crippen LogP contribution in [0.5, 0.6) is 0 Å². The van der Waals surface area contributed by atoms with E-state index in [0.29, 0.717) is 17.5 Å². The van der Waals surface area contributed by atoms with Crippen molar-refractivity contribution in [3.05, 3.63) is 53.5 Å². The number of aromatic nitrogens is 4. The number of carbonyl (C=O) groups is 1. The van der Waals surface area contributed by atoms with E-state index in [2.05, 4.69) is 20.8 Å². The van der Waals surface area contributed by atoms with Crippen LogP contribution in [0.4, 0.5) is 0 Å². The van der Waals surface area contributed by atoms with Crippen LogP contribution in [0, 0.1) is 13.8 Å². The smallest absolute Gasteiger partial charge is 0.230 e. The zero-order valence-corrected chi connectivity index (χ0v) is 14.2. The second-order valence-corrected chi connectivity index (χ2v) is 6.20. The summed E-state index contributed by atoms with van der Waals surface area (Å²) in [5.41, 5.74) is 3.10. The van der Waals surface area contributed by atoms with E-state index in [-0.39, 0.29) is 11.7 Å². The molecule has 0 spiro atoms. The van der Waals surface area contributed by atoms with Gasteiger partial charge in [-0.1, -0.05) is 30.0 Å². The Morgan fingerprint density at radius 2 is 2.04 bits per heavy atom. The summed E-state index contributed by atoms with van der Waals surface area (Å²) >= 11 is 1.30. The van der Waals surface area contributed by atoms with Gasteiger partial charge in [0.1, 0.15) is 5.76 Å². The average Bonchev–Trinajstić information content (AvgIpc) is 3.23. The molecule has 1 amide bonds. The van der Waals surface area contributed by atoms with Crippen molar-refractivity contribution < 1.29 is 9.21 Å². The van der Waals surface area contributed by atoms with Gasteiger partial charge in [-0.2, -0.15) is 4.68 Å². The van der Waals surface area contributed by atoms with E-state index in [1.807, 2.05) is 38.1 Å². The number of nitrogens with one attached hydrogen (secondary N) is 1. The van der Waals surface area contributed by atoms with E-state index in [9.17, 15) is 4.79 Å². The molecule has 3 aromatic rings. The number of hydrogen-bond donors (Lipinski definition) is 1. The third-order valence-corrected chi connectivity index (χ3v) is 4.38. The predicted molar refractivity (Wildman–Crippen MR) is 89.9 cm³/mol. The van der Waals surface area contributed by atoms with Crippen molar-refractivity contribution >= 4 is 17.7 Å². The summed E-state index contributed by atoms with van der Waals surface area (Å²) in [5.74, 6) is 0.840. The van der Waals surface area contributed by atoms with Gasteiger partial charge in [0.25, 0.3) is 0 Å². The highest BCUT2D eigenvalue weighted by molar-refractivity contribution is 7.99. The monoisotopic (exact) mass is 343 g/mol. The Kier molecular flexibility index (Phi) is 4.95. The standard InChI is InChI=1S/C16H17N5O2S/c1-11-5-3-6-12(2)15(11)21-16(18-19-20-21)24-10-14(22)17-9-13-7-4-8-23-13/h3-8H,9-10H2,1-2H3,(H,17,22). The second-order valence-electron chi connectivity index (χ2n) is 5.26. The predicted octanol–water partition coefficient (Wildman–Crippen LogP) is 2.28. The van der Waals surface area contributed by atoms with Gasteiger partial charge in [-0.3, -0.25) is 4.79 Å². The molecule has 0 atom stereocenters. The summed E-state index contributed by atoms with van der Waals surface area (Å²) in [6.45, 7) is 4.39. The lowest BCUT2D eigenvalue weighted by Gasteiger charge is -2.10. The molecule has 0 aliphatic carbocycles. The van der Waals surface area contributed by atoms with Crippen LogP contribution in [0.25, 0.3) is 5.69 Å². The minimum absolute atomic E-state index is 0.104. The van der Waals surface area contributed by atoms with Crippen LogP contribution in [0.3, 0.4) is 0 Å². The lowest BCUT2D eigenvalue weighted by molar-refractivity contribution is -0.118. The molecule has 0 bridgehead atoms. The zero-order valence-electron chi connectivity index (χ0n) is 13.4. The molecular formula is C16H17N5O2S. The molecule has 0 radical (unpaired) electrons. The van der Waals surface area contributed by atoms with E-state index < -0.39 is 0 Å². The second kappa shape index (κ2) is 7.31. The van der Waals surface area contributed by atoms with Gasteiger partial charge in [0.15, 0.2) is 0 Å². The van der Waals surface area contributed by atoms with Crippen LogP contribution < -0.4 is 5.32 Å². The van der Waals surface area contributed by atoms with E-state index in [0.717, 1.165) is 16.8 Å². The number of benzene rings is 1. The van der Waals surface area contributed by atoms with Crippen molar-refractivity contribution in [3.63, 3.8) is 0 Å². The van der Waals surface area contributed by atoms with Crippen LogP contribution in [0.2, 0.25) is 0 Å². The van der Waals surface area contributed by atoms with Crippen LogP contribution in [0.15, 0.2) is 46.2 Å². The minimum Gasteiger partial charge on any atom is -0.467 e. The van der Waals surface area contributed by atoms with Crippen molar-refractivity contribution in [2.75, 3.05) is 5.75 Å². The van der Waals surface area contributed by atoms with Gasteiger partial charge in [0.2, 0.25) is 11.1 Å². The summed E-state index contributed by atoms with van der Waals surface area (Å²) in [6, 6.07) is 9.61. The maximum absolute atomic E-state index is 12.0. The number of tetrazole rings is 1. The van der Waals surface area contributed by atoms with Gasteiger partial charge in [0, 0.05) is 0 Å². The Hall–Kier alpha value is -2.61. The highest BCUT2D eigenvalue weighted by Gasteiger charge is 2.14. The molecule has 0 unspecified atom stereocenters. The quantitative estimate of drug-likeness (QED) is 0.691. The first-order chi connectivity index (χ1) is 11.6. The fourth-order valence-corrected chi connectivity index (χ4v) is 3.04. The highest BCUT2D eigenvalue weighted by Crippen LogP contribution is 2.23. The molecule has 0 saturated carbocycles. The van der Waals surface area contributed by atoms with Crippen molar-refractivity contribution in [3.8, 4) is 5.69 Å². The molecule has 3 rings (SSSR count). The summed E-state index contributed by atoms with van der Waals surface area (Å²) in [5, 5.41) is 15.2. The van der Waals surface area contributed by atoms with Gasteiger partial charge in [0.05, 0.1) is 24.2 Å². The number of aryl methyl sites for hydroxylation is 2. The largest absolute Gasteiger partial charge is 0.467 e. The summed E-state index contributed by atoms with van der Waals surface area (Å²) < 4.78 is 6.86. The third-order valence-electron chi connectivity index (χ3n) is 3.46. The Morgan fingerprint density at radius 3 is 2.75 bits per heavy atom. The fourth-order valence-electron chi connectivity index (χ4n) is 2.33. The molecular weight excluding hydrogens is 326 g/mol. The SMILES string of the molecule is Cc1cccc(C)c1-n1nnnc1SCC(=O)NCc1ccco1. The van der Waals surface area contributed by atoms with E-state index >= 15 is 0 Å². The van der Waals surface area contributed by atoms with Crippen molar-refractivity contribution in [1.29, 1.82) is 0 Å². The number of furan rings is 1. The Bertz CT molecular complexity index is 809. The Morgan fingerprint density at radius 1 is 1.25 bits per heavy atom. The maximum atomic E-state index is 12.0. The van der Waals surface area contributed by atoms with Gasteiger partial charge in [-0.05, 0) is 47.5 Å². The molecule has 0 aliphatic rings. The van der Waals surface area contributed by atoms with E-state index in [1.165, 1.54) is 11.8 Å². The highest BCUT2D eigenvalue weighted by atomic mass is 32.2. The average molecular weight is 343 g/mol. The molecule has 1 N–H and O–H groups in total. The molecule has 24 heavy (non-hydrogen) atoms. The third kappa shape index (κ3) is 3.65. The van der Waals surface area contributed by atoms with Crippen LogP contribution in [-0.4, -0.2) is 31.9 Å². The van der Waals surface area contributed by atoms with Crippen LogP contribution in [0.1, 0.15) is 16.9 Å². The van der Waals surface area contributed by atoms with E-state index in [1.54, 1.807) is 17.0 Å². The first kappa shape index (κ1) is 16.3. The number of para-hydroxylation sites is 1. The summed E-state index contributed by atoms with van der Waals surface area (Å²) in [7, 11) is 0. The number of rotatable bonds is 6. The summed E-state index contributed by atoms with van der Waals surface area (Å²) in [6.07, 6.45) is 1.58. The van der Waals surface area contributed by atoms with Crippen molar-refractivity contribution in [2.45, 2.75) is 25.5 Å². The summed E-state index contributed by atoms with van der Waals surface area (Å²) in [4.78, 5) is 12.0. The first-order valence-electron chi connectivity index (χ1n) is 7.42. The zero-order chi connectivity index (χ0) is 16.9. The first-order valence-corrected chi connectivity index (χ1v) is 8.40. The van der Waals surface area contributed by atoms with Gasteiger partial charge in [-0.15, -0.1) is 5.10 Å². The lowest BCUT2D eigenvalue weighted by Crippen LogP contribution is -2.24. The Labute approximate surface area is 143 Å². The maximum Gasteiger partial charge on any atom is 0.230 e. The Balaban J connectivity index is 1.65. The van der Waals surface area contributed by atoms with Gasteiger partial charge < -0.3 is 9.73 Å². The molecule has 0 saturated heterocycles. The van der Waals surface area contributed by atoms with Gasteiger partial charge in [-0.25, -0.2) is 0 Å². The normalized spacial score (nSPS) is 10.8. The molecule has 124 valence electrons. The molecule has 7 nitrogen and oxygen atoms in total. The van der Waals surface area contributed by atoms with Gasteiger partial charge >= 0.3 is 0 Å². The molecule has 0 aliphatic heterocycles. The van der Waals surface area contributed by atoms with Crippen molar-refractivity contribution in [1.82, 2.24) is 25.5 Å². The minimum atomic E-state index is -0.104. The number of thioether (sulfide) groups is 1. The molecule has 0 fully saturated rings. The topological polar surface area (TPSA) is 85.8 Å². The van der Waals surface area contributed by atoms with E-state index in [4.69, 9.17) is 4.42 Å².